The normalized spacial score (nSPS) is 10.8. The Morgan fingerprint density at radius 2 is 2.29 bits per heavy atom. The first-order valence-electron chi connectivity index (χ1n) is 5.99. The Labute approximate surface area is 107 Å². The highest BCUT2D eigenvalue weighted by Gasteiger charge is 2.03. The van der Waals surface area contributed by atoms with E-state index in [9.17, 15) is 4.79 Å². The second kappa shape index (κ2) is 7.40. The van der Waals surface area contributed by atoms with Gasteiger partial charge in [0.2, 0.25) is 5.91 Å². The third-order valence-corrected chi connectivity index (χ3v) is 3.09. The quantitative estimate of drug-likeness (QED) is 0.731. The first-order valence-corrected chi connectivity index (χ1v) is 6.87. The van der Waals surface area contributed by atoms with E-state index < -0.39 is 0 Å². The van der Waals surface area contributed by atoms with Crippen LogP contribution in [0.2, 0.25) is 0 Å². The fourth-order valence-corrected chi connectivity index (χ4v) is 2.02. The monoisotopic (exact) mass is 255 g/mol. The van der Waals surface area contributed by atoms with E-state index >= 15 is 0 Å². The van der Waals surface area contributed by atoms with Crippen LogP contribution in [0.15, 0.2) is 5.38 Å². The van der Waals surface area contributed by atoms with Crippen LogP contribution in [0.25, 0.3) is 0 Å². The van der Waals surface area contributed by atoms with Gasteiger partial charge in [-0.25, -0.2) is 4.98 Å². The molecule has 0 aromatic carbocycles. The summed E-state index contributed by atoms with van der Waals surface area (Å²) in [5, 5.41) is 9.18. The van der Waals surface area contributed by atoms with Crippen LogP contribution in [-0.4, -0.2) is 23.5 Å². The molecule has 0 saturated heterocycles. The molecule has 0 aliphatic heterocycles. The van der Waals surface area contributed by atoms with Gasteiger partial charge in [-0.3, -0.25) is 4.79 Å². The fraction of sp³-hybridized carbons (Fsp3) is 0.667. The number of nitrogens with one attached hydrogen (secondary N) is 2. The van der Waals surface area contributed by atoms with Crippen molar-refractivity contribution in [2.24, 2.45) is 0 Å². The topological polar surface area (TPSA) is 54.0 Å². The number of aryl methyl sites for hydroxylation is 1. The number of amides is 1. The molecule has 1 rings (SSSR count). The predicted octanol–water partition coefficient (Wildman–Crippen LogP) is 1.85. The number of thiazole rings is 1. The highest BCUT2D eigenvalue weighted by atomic mass is 32.1. The molecular weight excluding hydrogens is 234 g/mol. The molecule has 0 spiro atoms. The SMILES string of the molecule is Cc1nc(CNC(=O)CCCNC(C)C)cs1. The second-order valence-corrected chi connectivity index (χ2v) is 5.41. The van der Waals surface area contributed by atoms with Gasteiger partial charge in [0.1, 0.15) is 0 Å². The molecular formula is C12H21N3OS. The molecule has 0 bridgehead atoms. The Hall–Kier alpha value is -0.940. The molecule has 0 radical (unpaired) electrons. The van der Waals surface area contributed by atoms with E-state index in [0.29, 0.717) is 19.0 Å². The van der Waals surface area contributed by atoms with Crippen molar-refractivity contribution in [3.05, 3.63) is 16.1 Å². The van der Waals surface area contributed by atoms with Gasteiger partial charge < -0.3 is 10.6 Å². The first-order chi connectivity index (χ1) is 8.08. The molecule has 1 heterocycles. The van der Waals surface area contributed by atoms with Crippen molar-refractivity contribution in [1.82, 2.24) is 15.6 Å². The van der Waals surface area contributed by atoms with Crippen molar-refractivity contribution in [1.29, 1.82) is 0 Å². The van der Waals surface area contributed by atoms with Crippen LogP contribution in [0, 0.1) is 6.92 Å². The van der Waals surface area contributed by atoms with E-state index in [1.54, 1.807) is 11.3 Å². The average Bonchev–Trinajstić information content (AvgIpc) is 2.67. The summed E-state index contributed by atoms with van der Waals surface area (Å²) in [5.41, 5.74) is 0.946. The lowest BCUT2D eigenvalue weighted by molar-refractivity contribution is -0.121. The van der Waals surface area contributed by atoms with Gasteiger partial charge in [-0.1, -0.05) is 13.8 Å². The molecule has 0 aliphatic carbocycles. The van der Waals surface area contributed by atoms with Crippen molar-refractivity contribution in [2.45, 2.75) is 46.2 Å². The summed E-state index contributed by atoms with van der Waals surface area (Å²) in [4.78, 5) is 15.8. The zero-order chi connectivity index (χ0) is 12.7. The van der Waals surface area contributed by atoms with E-state index in [1.807, 2.05) is 12.3 Å². The summed E-state index contributed by atoms with van der Waals surface area (Å²) in [7, 11) is 0. The minimum atomic E-state index is 0.0983. The lowest BCUT2D eigenvalue weighted by atomic mass is 10.2. The van der Waals surface area contributed by atoms with E-state index in [-0.39, 0.29) is 5.91 Å². The van der Waals surface area contributed by atoms with Crippen molar-refractivity contribution < 1.29 is 4.79 Å². The number of hydrogen-bond acceptors (Lipinski definition) is 4. The van der Waals surface area contributed by atoms with Crippen LogP contribution in [-0.2, 0) is 11.3 Å². The van der Waals surface area contributed by atoms with Gasteiger partial charge in [-0.2, -0.15) is 0 Å². The molecule has 0 aliphatic rings. The maximum atomic E-state index is 11.5. The number of nitrogens with zero attached hydrogens (tertiary/aromatic N) is 1. The molecule has 0 fully saturated rings. The Kier molecular flexibility index (Phi) is 6.15. The van der Waals surface area contributed by atoms with Crippen LogP contribution in [0.4, 0.5) is 0 Å². The number of aromatic nitrogens is 1. The second-order valence-electron chi connectivity index (χ2n) is 4.35. The van der Waals surface area contributed by atoms with Crippen LogP contribution in [0.5, 0.6) is 0 Å². The smallest absolute Gasteiger partial charge is 0.220 e. The summed E-state index contributed by atoms with van der Waals surface area (Å²) in [6, 6.07) is 0.482. The highest BCUT2D eigenvalue weighted by Crippen LogP contribution is 2.07. The summed E-state index contributed by atoms with van der Waals surface area (Å²) >= 11 is 1.61. The van der Waals surface area contributed by atoms with Gasteiger partial charge in [-0.15, -0.1) is 11.3 Å². The van der Waals surface area contributed by atoms with Crippen molar-refractivity contribution >= 4 is 17.2 Å². The lowest BCUT2D eigenvalue weighted by Crippen LogP contribution is -2.27. The first kappa shape index (κ1) is 14.1. The third kappa shape index (κ3) is 6.38. The summed E-state index contributed by atoms with van der Waals surface area (Å²) in [6.07, 6.45) is 1.45. The van der Waals surface area contributed by atoms with Gasteiger partial charge in [0, 0.05) is 17.8 Å². The van der Waals surface area contributed by atoms with E-state index in [0.717, 1.165) is 23.7 Å². The van der Waals surface area contributed by atoms with Crippen molar-refractivity contribution in [2.75, 3.05) is 6.54 Å². The number of hydrogen-bond donors (Lipinski definition) is 2. The van der Waals surface area contributed by atoms with Gasteiger partial charge >= 0.3 is 0 Å². The molecule has 0 atom stereocenters. The Bertz CT molecular complexity index is 349. The maximum Gasteiger partial charge on any atom is 0.220 e. The summed E-state index contributed by atoms with van der Waals surface area (Å²) < 4.78 is 0. The molecule has 17 heavy (non-hydrogen) atoms. The van der Waals surface area contributed by atoms with Crippen molar-refractivity contribution in [3.8, 4) is 0 Å². The zero-order valence-electron chi connectivity index (χ0n) is 10.7. The zero-order valence-corrected chi connectivity index (χ0v) is 11.6. The number of rotatable bonds is 7. The Balaban J connectivity index is 2.09. The van der Waals surface area contributed by atoms with E-state index in [1.165, 1.54) is 0 Å². The Morgan fingerprint density at radius 1 is 1.53 bits per heavy atom. The van der Waals surface area contributed by atoms with Crippen LogP contribution in [0.3, 0.4) is 0 Å². The molecule has 1 aromatic heterocycles. The molecule has 5 heteroatoms. The predicted molar refractivity (Wildman–Crippen MR) is 71.1 cm³/mol. The van der Waals surface area contributed by atoms with Crippen LogP contribution < -0.4 is 10.6 Å². The van der Waals surface area contributed by atoms with Crippen LogP contribution in [0.1, 0.15) is 37.4 Å². The summed E-state index contributed by atoms with van der Waals surface area (Å²) in [5.74, 6) is 0.0983. The minimum Gasteiger partial charge on any atom is -0.350 e. The Morgan fingerprint density at radius 3 is 2.88 bits per heavy atom. The molecule has 1 aromatic rings. The van der Waals surface area contributed by atoms with E-state index in [2.05, 4.69) is 29.5 Å². The fourth-order valence-electron chi connectivity index (χ4n) is 1.41. The van der Waals surface area contributed by atoms with Gasteiger partial charge in [-0.05, 0) is 19.9 Å². The molecule has 96 valence electrons. The van der Waals surface area contributed by atoms with Gasteiger partial charge in [0.25, 0.3) is 0 Å². The molecule has 4 nitrogen and oxygen atoms in total. The minimum absolute atomic E-state index is 0.0983. The van der Waals surface area contributed by atoms with Crippen molar-refractivity contribution in [3.63, 3.8) is 0 Å². The average molecular weight is 255 g/mol. The standard InChI is InChI=1S/C12H21N3OS/c1-9(2)13-6-4-5-12(16)14-7-11-8-17-10(3)15-11/h8-9,13H,4-7H2,1-3H3,(H,14,16). The lowest BCUT2D eigenvalue weighted by Gasteiger charge is -2.07. The molecule has 0 unspecified atom stereocenters. The van der Waals surface area contributed by atoms with E-state index in [4.69, 9.17) is 0 Å². The summed E-state index contributed by atoms with van der Waals surface area (Å²) in [6.45, 7) is 7.60. The number of carbonyl (C=O) groups excluding carboxylic acids is 1. The van der Waals surface area contributed by atoms with Gasteiger partial charge in [0.05, 0.1) is 17.2 Å². The molecule has 1 amide bonds. The molecule has 2 N–H and O–H groups in total. The highest BCUT2D eigenvalue weighted by molar-refractivity contribution is 7.09. The van der Waals surface area contributed by atoms with Crippen LogP contribution >= 0.6 is 11.3 Å². The molecule has 0 saturated carbocycles. The van der Waals surface area contributed by atoms with Gasteiger partial charge in [0.15, 0.2) is 0 Å². The number of carbonyl (C=O) groups is 1. The third-order valence-electron chi connectivity index (χ3n) is 2.27. The maximum absolute atomic E-state index is 11.5. The largest absolute Gasteiger partial charge is 0.350 e.